The molecule has 1 aromatic heterocycles. The van der Waals surface area contributed by atoms with Crippen molar-refractivity contribution in [1.82, 2.24) is 19.6 Å². The van der Waals surface area contributed by atoms with Crippen molar-refractivity contribution in [3.8, 4) is 11.5 Å². The summed E-state index contributed by atoms with van der Waals surface area (Å²) in [5, 5.41) is 4.66. The van der Waals surface area contributed by atoms with Crippen molar-refractivity contribution >= 4 is 17.7 Å². The molecule has 2 heterocycles. The molecule has 1 aromatic carbocycles. The molecular formula is C24H34N4O3S. The van der Waals surface area contributed by atoms with E-state index in [4.69, 9.17) is 9.47 Å². The van der Waals surface area contributed by atoms with Gasteiger partial charge in [0.15, 0.2) is 17.2 Å². The number of nitrogens with zero attached hydrogens (tertiary/aromatic N) is 4. The van der Waals surface area contributed by atoms with E-state index in [1.807, 2.05) is 34.5 Å². The fourth-order valence-electron chi connectivity index (χ4n) is 4.76. The first-order valence-electron chi connectivity index (χ1n) is 11.3. The van der Waals surface area contributed by atoms with E-state index in [1.165, 1.54) is 11.3 Å². The van der Waals surface area contributed by atoms with Gasteiger partial charge in [0.2, 0.25) is 0 Å². The molecule has 1 unspecified atom stereocenters. The van der Waals surface area contributed by atoms with E-state index < -0.39 is 0 Å². The Hall–Kier alpha value is -2.19. The van der Waals surface area contributed by atoms with Crippen LogP contribution in [0, 0.1) is 0 Å². The van der Waals surface area contributed by atoms with Crippen LogP contribution < -0.4 is 9.47 Å². The Morgan fingerprint density at radius 3 is 2.69 bits per heavy atom. The lowest BCUT2D eigenvalue weighted by molar-refractivity contribution is 0.0764. The van der Waals surface area contributed by atoms with Gasteiger partial charge in [0.25, 0.3) is 5.91 Å². The maximum atomic E-state index is 13.2. The number of amides is 1. The minimum absolute atomic E-state index is 0.107. The number of aromatic nitrogens is 2. The summed E-state index contributed by atoms with van der Waals surface area (Å²) in [5.41, 5.74) is 4.29. The van der Waals surface area contributed by atoms with Crippen molar-refractivity contribution in [3.05, 3.63) is 40.7 Å². The largest absolute Gasteiger partial charge is 0.493 e. The van der Waals surface area contributed by atoms with Gasteiger partial charge in [-0.15, -0.1) is 0 Å². The summed E-state index contributed by atoms with van der Waals surface area (Å²) in [6.07, 6.45) is 3.87. The fraction of sp³-hybridized carbons (Fsp3) is 0.583. The number of benzene rings is 1. The van der Waals surface area contributed by atoms with Crippen LogP contribution in [-0.2, 0) is 26.3 Å². The van der Waals surface area contributed by atoms with Crippen LogP contribution >= 0.6 is 11.8 Å². The molecule has 32 heavy (non-hydrogen) atoms. The Kier molecular flexibility index (Phi) is 7.30. The molecular weight excluding hydrogens is 424 g/mol. The first-order valence-corrected chi connectivity index (χ1v) is 12.5. The molecule has 8 heteroatoms. The molecule has 4 rings (SSSR count). The molecule has 2 aliphatic rings. The Labute approximate surface area is 195 Å². The van der Waals surface area contributed by atoms with Gasteiger partial charge in [-0.2, -0.15) is 16.9 Å². The van der Waals surface area contributed by atoms with Gasteiger partial charge < -0.3 is 19.3 Å². The highest BCUT2D eigenvalue weighted by Gasteiger charge is 2.32. The van der Waals surface area contributed by atoms with E-state index in [0.29, 0.717) is 11.7 Å². The number of hydrogen-bond acceptors (Lipinski definition) is 6. The topological polar surface area (TPSA) is 59.8 Å². The summed E-state index contributed by atoms with van der Waals surface area (Å²) in [4.78, 5) is 17.6. The van der Waals surface area contributed by atoms with Crippen molar-refractivity contribution in [3.63, 3.8) is 0 Å². The van der Waals surface area contributed by atoms with Crippen LogP contribution in [-0.4, -0.2) is 83.9 Å². The first kappa shape index (κ1) is 23.0. The molecule has 0 radical (unpaired) electrons. The third-order valence-corrected chi connectivity index (χ3v) is 7.70. The SMILES string of the molecule is COc1ccc(CCN(C)C2CCc3c(c(C(=O)N4CCSCC4)nn3C)C2)cc1OC. The summed E-state index contributed by atoms with van der Waals surface area (Å²) in [6, 6.07) is 6.53. The summed E-state index contributed by atoms with van der Waals surface area (Å²) in [6.45, 7) is 2.59. The van der Waals surface area contributed by atoms with Gasteiger partial charge in [-0.05, 0) is 50.4 Å². The van der Waals surface area contributed by atoms with Gasteiger partial charge in [-0.1, -0.05) is 6.07 Å². The Morgan fingerprint density at radius 2 is 1.97 bits per heavy atom. The van der Waals surface area contributed by atoms with Gasteiger partial charge in [0.1, 0.15) is 0 Å². The number of fused-ring (bicyclic) bond motifs is 1. The molecule has 0 spiro atoms. The minimum Gasteiger partial charge on any atom is -0.493 e. The molecule has 0 bridgehead atoms. The maximum absolute atomic E-state index is 13.2. The van der Waals surface area contributed by atoms with Gasteiger partial charge in [0.05, 0.1) is 14.2 Å². The molecule has 1 atom stereocenters. The molecule has 1 aliphatic heterocycles. The van der Waals surface area contributed by atoms with Crippen LogP contribution in [0.3, 0.4) is 0 Å². The van der Waals surface area contributed by atoms with Crippen LogP contribution in [0.15, 0.2) is 18.2 Å². The molecule has 1 saturated heterocycles. The normalized spacial score (nSPS) is 18.5. The second kappa shape index (κ2) is 10.2. The molecule has 174 valence electrons. The lowest BCUT2D eigenvalue weighted by Crippen LogP contribution is -2.40. The molecule has 7 nitrogen and oxygen atoms in total. The van der Waals surface area contributed by atoms with Crippen LogP contribution in [0.5, 0.6) is 11.5 Å². The zero-order chi connectivity index (χ0) is 22.7. The second-order valence-electron chi connectivity index (χ2n) is 8.62. The van der Waals surface area contributed by atoms with Crippen LogP contribution in [0.2, 0.25) is 0 Å². The van der Waals surface area contributed by atoms with Gasteiger partial charge in [-0.25, -0.2) is 0 Å². The lowest BCUT2D eigenvalue weighted by Gasteiger charge is -2.32. The number of rotatable bonds is 7. The molecule has 2 aromatic rings. The highest BCUT2D eigenvalue weighted by atomic mass is 32.2. The third-order valence-electron chi connectivity index (χ3n) is 6.75. The van der Waals surface area contributed by atoms with Crippen molar-refractivity contribution in [1.29, 1.82) is 0 Å². The zero-order valence-corrected chi connectivity index (χ0v) is 20.4. The van der Waals surface area contributed by atoms with Crippen molar-refractivity contribution in [2.45, 2.75) is 31.7 Å². The number of carbonyl (C=O) groups is 1. The monoisotopic (exact) mass is 458 g/mol. The van der Waals surface area contributed by atoms with Crippen LogP contribution in [0.25, 0.3) is 0 Å². The number of aryl methyl sites for hydroxylation is 1. The number of ether oxygens (including phenoxy) is 2. The van der Waals surface area contributed by atoms with E-state index >= 15 is 0 Å². The zero-order valence-electron chi connectivity index (χ0n) is 19.6. The third kappa shape index (κ3) is 4.76. The Bertz CT molecular complexity index is 955. The average molecular weight is 459 g/mol. The summed E-state index contributed by atoms with van der Waals surface area (Å²) in [7, 11) is 7.49. The quantitative estimate of drug-likeness (QED) is 0.636. The summed E-state index contributed by atoms with van der Waals surface area (Å²) >= 11 is 1.92. The van der Waals surface area contributed by atoms with Gasteiger partial charge >= 0.3 is 0 Å². The molecule has 1 amide bonds. The van der Waals surface area contributed by atoms with Crippen LogP contribution in [0.4, 0.5) is 0 Å². The predicted molar refractivity (Wildman–Crippen MR) is 128 cm³/mol. The Balaban J connectivity index is 1.43. The highest BCUT2D eigenvalue weighted by Crippen LogP contribution is 2.30. The summed E-state index contributed by atoms with van der Waals surface area (Å²) in [5.74, 6) is 3.66. The van der Waals surface area contributed by atoms with Gasteiger partial charge in [0, 0.05) is 55.5 Å². The number of hydrogen-bond donors (Lipinski definition) is 0. The molecule has 1 fully saturated rings. The van der Waals surface area contributed by atoms with E-state index in [1.54, 1.807) is 14.2 Å². The standard InChI is InChI=1S/C24H34N4O3S/c1-26(10-9-17-5-8-21(30-3)22(15-17)31-4)18-6-7-20-19(16-18)23(25-27(20)2)24(29)28-11-13-32-14-12-28/h5,8,15,18H,6-7,9-14,16H2,1-4H3. The Morgan fingerprint density at radius 1 is 1.22 bits per heavy atom. The maximum Gasteiger partial charge on any atom is 0.274 e. The smallest absolute Gasteiger partial charge is 0.274 e. The number of thioether (sulfide) groups is 1. The van der Waals surface area contributed by atoms with Crippen LogP contribution in [0.1, 0.15) is 33.7 Å². The van der Waals surface area contributed by atoms with E-state index in [2.05, 4.69) is 29.2 Å². The van der Waals surface area contributed by atoms with E-state index in [-0.39, 0.29) is 5.91 Å². The van der Waals surface area contributed by atoms with E-state index in [9.17, 15) is 4.79 Å². The number of carbonyl (C=O) groups excluding carboxylic acids is 1. The first-order chi connectivity index (χ1) is 15.5. The molecule has 0 N–H and O–H groups in total. The summed E-state index contributed by atoms with van der Waals surface area (Å²) < 4.78 is 12.7. The molecule has 0 saturated carbocycles. The number of methoxy groups -OCH3 is 2. The van der Waals surface area contributed by atoms with E-state index in [0.717, 1.165) is 73.9 Å². The second-order valence-corrected chi connectivity index (χ2v) is 9.84. The average Bonchev–Trinajstić information content (AvgIpc) is 3.18. The predicted octanol–water partition coefficient (Wildman–Crippen LogP) is 2.66. The lowest BCUT2D eigenvalue weighted by atomic mass is 9.90. The van der Waals surface area contributed by atoms with Crippen molar-refractivity contribution in [2.75, 3.05) is 52.4 Å². The fourth-order valence-corrected chi connectivity index (χ4v) is 5.66. The van der Waals surface area contributed by atoms with Crippen molar-refractivity contribution < 1.29 is 14.3 Å². The number of likely N-dealkylation sites (N-methyl/N-ethyl adjacent to an activating group) is 1. The molecule has 1 aliphatic carbocycles. The van der Waals surface area contributed by atoms with Gasteiger partial charge in [-0.3, -0.25) is 9.48 Å². The van der Waals surface area contributed by atoms with Crippen molar-refractivity contribution in [2.24, 2.45) is 7.05 Å². The highest BCUT2D eigenvalue weighted by molar-refractivity contribution is 7.99. The minimum atomic E-state index is 0.107.